The summed E-state index contributed by atoms with van der Waals surface area (Å²) in [6, 6.07) is 18.7. The molecule has 0 bridgehead atoms. The van der Waals surface area contributed by atoms with Gasteiger partial charge in [0, 0.05) is 11.6 Å². The lowest BCUT2D eigenvalue weighted by atomic mass is 9.78. The van der Waals surface area contributed by atoms with Crippen molar-refractivity contribution in [3.05, 3.63) is 71.8 Å². The number of hydrogen-bond donors (Lipinski definition) is 2. The molecule has 4 nitrogen and oxygen atoms in total. The van der Waals surface area contributed by atoms with E-state index in [0.717, 1.165) is 18.4 Å². The fourth-order valence-corrected chi connectivity index (χ4v) is 4.01. The quantitative estimate of drug-likeness (QED) is 0.778. The molecular formula is C24H30N2O2. The van der Waals surface area contributed by atoms with Crippen molar-refractivity contribution in [2.24, 2.45) is 11.8 Å². The number of nitrogens with one attached hydrogen (secondary N) is 2. The molecule has 4 atom stereocenters. The Morgan fingerprint density at radius 3 is 2.29 bits per heavy atom. The van der Waals surface area contributed by atoms with Crippen molar-refractivity contribution in [2.75, 3.05) is 0 Å². The van der Waals surface area contributed by atoms with Crippen LogP contribution in [-0.4, -0.2) is 17.9 Å². The fourth-order valence-electron chi connectivity index (χ4n) is 4.01. The fraction of sp³-hybridized carbons (Fsp3) is 0.417. The van der Waals surface area contributed by atoms with Gasteiger partial charge in [-0.3, -0.25) is 9.59 Å². The molecule has 2 amide bonds. The second-order valence-corrected chi connectivity index (χ2v) is 7.95. The highest BCUT2D eigenvalue weighted by Crippen LogP contribution is 2.29. The standard InChI is InChI=1S/C24H30N2O2/c1-17-10-9-15-21(18(17)2)25-23(27)16-22(19-11-5-3-6-12-19)26-24(28)20-13-7-4-8-14-20/h3-8,11-14,17-18,21-22H,9-10,15-16H2,1-2H3,(H,25,27)(H,26,28)/t17-,18+,21+,22+/m1/s1. The average molecular weight is 379 g/mol. The molecule has 0 aromatic heterocycles. The Kier molecular flexibility index (Phi) is 6.85. The molecule has 0 unspecified atom stereocenters. The molecule has 28 heavy (non-hydrogen) atoms. The molecule has 1 saturated carbocycles. The van der Waals surface area contributed by atoms with E-state index in [0.29, 0.717) is 17.4 Å². The minimum absolute atomic E-state index is 0.00633. The van der Waals surface area contributed by atoms with Crippen LogP contribution in [0.3, 0.4) is 0 Å². The summed E-state index contributed by atoms with van der Waals surface area (Å²) in [6.07, 6.45) is 3.65. The van der Waals surface area contributed by atoms with E-state index < -0.39 is 0 Å². The van der Waals surface area contributed by atoms with Crippen LogP contribution in [0.4, 0.5) is 0 Å². The first-order valence-corrected chi connectivity index (χ1v) is 10.2. The van der Waals surface area contributed by atoms with Gasteiger partial charge < -0.3 is 10.6 Å². The Bertz CT molecular complexity index is 776. The molecule has 1 aliphatic carbocycles. The van der Waals surface area contributed by atoms with Gasteiger partial charge in [-0.2, -0.15) is 0 Å². The van der Waals surface area contributed by atoms with Crippen molar-refractivity contribution in [1.29, 1.82) is 0 Å². The molecular weight excluding hydrogens is 348 g/mol. The third-order valence-electron chi connectivity index (χ3n) is 5.99. The van der Waals surface area contributed by atoms with E-state index in [4.69, 9.17) is 0 Å². The van der Waals surface area contributed by atoms with Crippen LogP contribution in [0.2, 0.25) is 0 Å². The van der Waals surface area contributed by atoms with Crippen molar-refractivity contribution in [3.8, 4) is 0 Å². The maximum absolute atomic E-state index is 12.8. The Balaban J connectivity index is 1.69. The summed E-state index contributed by atoms with van der Waals surface area (Å²) in [6.45, 7) is 4.48. The largest absolute Gasteiger partial charge is 0.353 e. The third kappa shape index (κ3) is 5.22. The van der Waals surface area contributed by atoms with Crippen LogP contribution in [0.25, 0.3) is 0 Å². The van der Waals surface area contributed by atoms with Crippen LogP contribution in [-0.2, 0) is 4.79 Å². The van der Waals surface area contributed by atoms with Crippen molar-refractivity contribution in [1.82, 2.24) is 10.6 Å². The Hall–Kier alpha value is -2.62. The van der Waals surface area contributed by atoms with Gasteiger partial charge in [-0.15, -0.1) is 0 Å². The minimum atomic E-state index is -0.356. The average Bonchev–Trinajstić information content (AvgIpc) is 2.72. The normalized spacial score (nSPS) is 22.9. The zero-order valence-electron chi connectivity index (χ0n) is 16.7. The Labute approximate surface area is 167 Å². The van der Waals surface area contributed by atoms with E-state index in [2.05, 4.69) is 24.5 Å². The van der Waals surface area contributed by atoms with Crippen LogP contribution in [0, 0.1) is 11.8 Å². The number of rotatable bonds is 6. The highest BCUT2D eigenvalue weighted by atomic mass is 16.2. The molecule has 0 aliphatic heterocycles. The molecule has 4 heteroatoms. The summed E-state index contributed by atoms with van der Waals surface area (Å²) in [5, 5.41) is 6.26. The predicted molar refractivity (Wildman–Crippen MR) is 112 cm³/mol. The van der Waals surface area contributed by atoms with Crippen molar-refractivity contribution in [2.45, 2.75) is 51.6 Å². The SMILES string of the molecule is C[C@H]1[C@H](C)CCC[C@@H]1NC(=O)C[C@H](NC(=O)c1ccccc1)c1ccccc1. The number of carbonyl (C=O) groups is 2. The lowest BCUT2D eigenvalue weighted by molar-refractivity contribution is -0.123. The molecule has 1 fully saturated rings. The number of carbonyl (C=O) groups excluding carboxylic acids is 2. The predicted octanol–water partition coefficient (Wildman–Crippen LogP) is 4.49. The highest BCUT2D eigenvalue weighted by molar-refractivity contribution is 5.94. The molecule has 0 saturated heterocycles. The molecule has 1 aliphatic rings. The molecule has 2 aromatic rings. The molecule has 2 aromatic carbocycles. The van der Waals surface area contributed by atoms with Gasteiger partial charge in [0.25, 0.3) is 5.91 Å². The van der Waals surface area contributed by atoms with Gasteiger partial charge in [-0.05, 0) is 36.0 Å². The van der Waals surface area contributed by atoms with Crippen LogP contribution < -0.4 is 10.6 Å². The molecule has 0 heterocycles. The molecule has 0 spiro atoms. The second kappa shape index (κ2) is 9.54. The highest BCUT2D eigenvalue weighted by Gasteiger charge is 2.29. The topological polar surface area (TPSA) is 58.2 Å². The summed E-state index contributed by atoms with van der Waals surface area (Å²) >= 11 is 0. The first kappa shape index (κ1) is 20.1. The summed E-state index contributed by atoms with van der Waals surface area (Å²) in [5.41, 5.74) is 1.53. The smallest absolute Gasteiger partial charge is 0.251 e. The second-order valence-electron chi connectivity index (χ2n) is 7.95. The molecule has 0 radical (unpaired) electrons. The van der Waals surface area contributed by atoms with Crippen LogP contribution >= 0.6 is 0 Å². The van der Waals surface area contributed by atoms with Crippen LogP contribution in [0.15, 0.2) is 60.7 Å². The summed E-state index contributed by atoms with van der Waals surface area (Å²) in [5.74, 6) is 0.934. The number of amides is 2. The summed E-state index contributed by atoms with van der Waals surface area (Å²) < 4.78 is 0. The lowest BCUT2D eigenvalue weighted by Gasteiger charge is -2.35. The summed E-state index contributed by atoms with van der Waals surface area (Å²) in [7, 11) is 0. The van der Waals surface area contributed by atoms with E-state index in [1.165, 1.54) is 6.42 Å². The number of hydrogen-bond acceptors (Lipinski definition) is 2. The van der Waals surface area contributed by atoms with Gasteiger partial charge in [-0.25, -0.2) is 0 Å². The monoisotopic (exact) mass is 378 g/mol. The van der Waals surface area contributed by atoms with Gasteiger partial charge in [0.05, 0.1) is 12.5 Å². The maximum atomic E-state index is 12.8. The van der Waals surface area contributed by atoms with Gasteiger partial charge in [0.1, 0.15) is 0 Å². The van der Waals surface area contributed by atoms with Gasteiger partial charge >= 0.3 is 0 Å². The number of benzene rings is 2. The zero-order chi connectivity index (χ0) is 19.9. The summed E-state index contributed by atoms with van der Waals surface area (Å²) in [4.78, 5) is 25.5. The lowest BCUT2D eigenvalue weighted by Crippen LogP contribution is -2.45. The third-order valence-corrected chi connectivity index (χ3v) is 5.99. The van der Waals surface area contributed by atoms with Crippen LogP contribution in [0.1, 0.15) is 61.5 Å². The van der Waals surface area contributed by atoms with Gasteiger partial charge in [0.15, 0.2) is 0 Å². The zero-order valence-corrected chi connectivity index (χ0v) is 16.7. The van der Waals surface area contributed by atoms with E-state index in [1.807, 2.05) is 48.5 Å². The first-order chi connectivity index (χ1) is 13.5. The van der Waals surface area contributed by atoms with Crippen molar-refractivity contribution < 1.29 is 9.59 Å². The van der Waals surface area contributed by atoms with Crippen LogP contribution in [0.5, 0.6) is 0 Å². The van der Waals surface area contributed by atoms with E-state index in [9.17, 15) is 9.59 Å². The molecule has 2 N–H and O–H groups in total. The van der Waals surface area contributed by atoms with Crippen molar-refractivity contribution >= 4 is 11.8 Å². The maximum Gasteiger partial charge on any atom is 0.251 e. The van der Waals surface area contributed by atoms with E-state index in [-0.39, 0.29) is 30.3 Å². The van der Waals surface area contributed by atoms with E-state index >= 15 is 0 Å². The Morgan fingerprint density at radius 1 is 0.964 bits per heavy atom. The van der Waals surface area contributed by atoms with Gasteiger partial charge in [0.2, 0.25) is 5.91 Å². The van der Waals surface area contributed by atoms with E-state index in [1.54, 1.807) is 12.1 Å². The Morgan fingerprint density at radius 2 is 1.61 bits per heavy atom. The minimum Gasteiger partial charge on any atom is -0.353 e. The molecule has 3 rings (SSSR count). The van der Waals surface area contributed by atoms with Gasteiger partial charge in [-0.1, -0.05) is 75.2 Å². The molecule has 148 valence electrons. The van der Waals surface area contributed by atoms with Crippen molar-refractivity contribution in [3.63, 3.8) is 0 Å². The first-order valence-electron chi connectivity index (χ1n) is 10.2.